The minimum Gasteiger partial charge on any atom is -0.494 e. The highest BCUT2D eigenvalue weighted by Crippen LogP contribution is 2.28. The van der Waals surface area contributed by atoms with Crippen molar-refractivity contribution >= 4 is 17.7 Å². The van der Waals surface area contributed by atoms with Crippen molar-refractivity contribution in [2.75, 3.05) is 13.2 Å². The van der Waals surface area contributed by atoms with Crippen LogP contribution in [0, 0.1) is 0 Å². The van der Waals surface area contributed by atoms with Crippen LogP contribution in [0.2, 0.25) is 0 Å². The first-order valence-electron chi connectivity index (χ1n) is 12.1. The Labute approximate surface area is 199 Å². The maximum Gasteiger partial charge on any atom is 0.273 e. The molecule has 0 unspecified atom stereocenters. The van der Waals surface area contributed by atoms with E-state index in [1.165, 1.54) is 10.7 Å². The Hall–Kier alpha value is -3.36. The van der Waals surface area contributed by atoms with E-state index in [2.05, 4.69) is 15.7 Å². The minimum atomic E-state index is -1.07. The van der Waals surface area contributed by atoms with E-state index in [4.69, 9.17) is 4.74 Å². The van der Waals surface area contributed by atoms with Gasteiger partial charge in [0.15, 0.2) is 5.69 Å². The van der Waals surface area contributed by atoms with E-state index in [9.17, 15) is 14.4 Å². The molecule has 4 rings (SSSR count). The average Bonchev–Trinajstić information content (AvgIpc) is 3.49. The van der Waals surface area contributed by atoms with Gasteiger partial charge in [-0.2, -0.15) is 5.10 Å². The molecular formula is C25H33N5O4. The molecule has 34 heavy (non-hydrogen) atoms. The van der Waals surface area contributed by atoms with Crippen molar-refractivity contribution in [3.63, 3.8) is 0 Å². The molecule has 0 bridgehead atoms. The lowest BCUT2D eigenvalue weighted by atomic mass is 9.94. The molecule has 182 valence electrons. The Morgan fingerprint density at radius 3 is 2.53 bits per heavy atom. The first-order chi connectivity index (χ1) is 16.4. The van der Waals surface area contributed by atoms with Crippen LogP contribution in [0.15, 0.2) is 30.3 Å². The monoisotopic (exact) mass is 467 g/mol. The molecule has 1 aliphatic heterocycles. The van der Waals surface area contributed by atoms with Gasteiger partial charge in [0.05, 0.1) is 13.2 Å². The van der Waals surface area contributed by atoms with Crippen LogP contribution in [0.1, 0.15) is 73.0 Å². The van der Waals surface area contributed by atoms with Crippen LogP contribution in [0.5, 0.6) is 5.75 Å². The lowest BCUT2D eigenvalue weighted by molar-refractivity contribution is -0.133. The van der Waals surface area contributed by atoms with Crippen LogP contribution >= 0.6 is 0 Å². The van der Waals surface area contributed by atoms with Crippen LogP contribution in [0.25, 0.3) is 0 Å². The molecule has 1 aromatic carbocycles. The SMILES string of the molecule is CCOc1ccc(CNC(=O)c2cc3n(n2)C[C@](C)(C(=O)NC2CCCC2)N(CC)C3=O)cc1. The van der Waals surface area contributed by atoms with Crippen LogP contribution in [-0.4, -0.2) is 57.1 Å². The van der Waals surface area contributed by atoms with Crippen molar-refractivity contribution in [3.8, 4) is 5.75 Å². The third-order valence-corrected chi connectivity index (χ3v) is 6.71. The standard InChI is InChI=1S/C25H33N5O4/c1-4-29-23(32)21-14-20(22(31)26-15-17-10-12-19(13-11-17)34-5-2)28-30(21)16-25(29,3)24(33)27-18-8-6-7-9-18/h10-14,18H,4-9,15-16H2,1-3H3,(H,26,31)(H,27,33)/t25-/m1/s1. The van der Waals surface area contributed by atoms with Crippen molar-refractivity contribution in [2.24, 2.45) is 0 Å². The van der Waals surface area contributed by atoms with E-state index in [0.717, 1.165) is 37.0 Å². The number of fused-ring (bicyclic) bond motifs is 1. The summed E-state index contributed by atoms with van der Waals surface area (Å²) in [6.45, 7) is 7.06. The normalized spacial score (nSPS) is 20.2. The second-order valence-corrected chi connectivity index (χ2v) is 9.11. The number of carbonyl (C=O) groups is 3. The van der Waals surface area contributed by atoms with Crippen molar-refractivity contribution < 1.29 is 19.1 Å². The van der Waals surface area contributed by atoms with E-state index < -0.39 is 5.54 Å². The number of nitrogens with one attached hydrogen (secondary N) is 2. The Kier molecular flexibility index (Phi) is 6.90. The number of nitrogens with zero attached hydrogens (tertiary/aromatic N) is 3. The predicted octanol–water partition coefficient (Wildman–Crippen LogP) is 2.50. The molecule has 2 aromatic rings. The molecule has 3 amide bonds. The number of rotatable bonds is 8. The number of hydrogen-bond acceptors (Lipinski definition) is 5. The average molecular weight is 468 g/mol. The largest absolute Gasteiger partial charge is 0.494 e. The van der Waals surface area contributed by atoms with Crippen molar-refractivity contribution in [1.29, 1.82) is 0 Å². The van der Waals surface area contributed by atoms with Gasteiger partial charge in [-0.3, -0.25) is 19.1 Å². The summed E-state index contributed by atoms with van der Waals surface area (Å²) in [5, 5.41) is 10.4. The molecule has 9 nitrogen and oxygen atoms in total. The molecule has 9 heteroatoms. The Balaban J connectivity index is 1.47. The number of likely N-dealkylation sites (N-methyl/N-ethyl adjacent to an activating group) is 1. The lowest BCUT2D eigenvalue weighted by Gasteiger charge is -2.43. The maximum absolute atomic E-state index is 13.2. The fraction of sp³-hybridized carbons (Fsp3) is 0.520. The molecule has 2 N–H and O–H groups in total. The zero-order valence-corrected chi connectivity index (χ0v) is 20.1. The Morgan fingerprint density at radius 1 is 1.18 bits per heavy atom. The summed E-state index contributed by atoms with van der Waals surface area (Å²) in [7, 11) is 0. The smallest absolute Gasteiger partial charge is 0.273 e. The summed E-state index contributed by atoms with van der Waals surface area (Å²) in [5.41, 5.74) is 0.332. The number of hydrogen-bond donors (Lipinski definition) is 2. The summed E-state index contributed by atoms with van der Waals surface area (Å²) in [5.74, 6) is -0.0600. The molecule has 2 heterocycles. The number of aromatic nitrogens is 2. The number of carbonyl (C=O) groups excluding carboxylic acids is 3. The van der Waals surface area contributed by atoms with Crippen LogP contribution in [0.4, 0.5) is 0 Å². The van der Waals surface area contributed by atoms with Gasteiger partial charge < -0.3 is 20.3 Å². The van der Waals surface area contributed by atoms with Gasteiger partial charge in [-0.15, -0.1) is 0 Å². The zero-order valence-electron chi connectivity index (χ0n) is 20.1. The molecule has 1 aliphatic carbocycles. The van der Waals surface area contributed by atoms with Gasteiger partial charge in [0.25, 0.3) is 11.8 Å². The molecule has 1 saturated carbocycles. The summed E-state index contributed by atoms with van der Waals surface area (Å²) < 4.78 is 6.93. The van der Waals surface area contributed by atoms with Crippen molar-refractivity contribution in [1.82, 2.24) is 25.3 Å². The second-order valence-electron chi connectivity index (χ2n) is 9.11. The van der Waals surface area contributed by atoms with Crippen LogP contribution in [-0.2, 0) is 17.9 Å². The van der Waals surface area contributed by atoms with Crippen molar-refractivity contribution in [3.05, 3.63) is 47.3 Å². The fourth-order valence-electron chi connectivity index (χ4n) is 4.80. The van der Waals surface area contributed by atoms with E-state index in [0.29, 0.717) is 25.4 Å². The summed E-state index contributed by atoms with van der Waals surface area (Å²) >= 11 is 0. The highest BCUT2D eigenvalue weighted by molar-refractivity contribution is 6.01. The number of amides is 3. The highest BCUT2D eigenvalue weighted by atomic mass is 16.5. The Morgan fingerprint density at radius 2 is 1.88 bits per heavy atom. The zero-order chi connectivity index (χ0) is 24.3. The van der Waals surface area contributed by atoms with E-state index in [1.807, 2.05) is 38.1 Å². The molecule has 0 saturated heterocycles. The number of ether oxygens (including phenoxy) is 1. The first-order valence-corrected chi connectivity index (χ1v) is 12.1. The third-order valence-electron chi connectivity index (χ3n) is 6.71. The quantitative estimate of drug-likeness (QED) is 0.621. The predicted molar refractivity (Wildman–Crippen MR) is 127 cm³/mol. The first kappa shape index (κ1) is 23.8. The van der Waals surface area contributed by atoms with Gasteiger partial charge in [-0.1, -0.05) is 25.0 Å². The molecule has 1 atom stereocenters. The van der Waals surface area contributed by atoms with Gasteiger partial charge in [0.1, 0.15) is 17.0 Å². The van der Waals surface area contributed by atoms with Crippen LogP contribution < -0.4 is 15.4 Å². The molecule has 1 aromatic heterocycles. The van der Waals surface area contributed by atoms with E-state index >= 15 is 0 Å². The van der Waals surface area contributed by atoms with Gasteiger partial charge >= 0.3 is 0 Å². The van der Waals surface area contributed by atoms with Gasteiger partial charge in [-0.05, 0) is 51.3 Å². The molecule has 1 fully saturated rings. The van der Waals surface area contributed by atoms with E-state index in [1.54, 1.807) is 11.8 Å². The molecule has 0 radical (unpaired) electrons. The van der Waals surface area contributed by atoms with Crippen LogP contribution in [0.3, 0.4) is 0 Å². The minimum absolute atomic E-state index is 0.154. The number of benzene rings is 1. The van der Waals surface area contributed by atoms with E-state index in [-0.39, 0.29) is 36.0 Å². The topological polar surface area (TPSA) is 106 Å². The third kappa shape index (κ3) is 4.64. The Bertz CT molecular complexity index is 1060. The van der Waals surface area contributed by atoms with Gasteiger partial charge in [-0.25, -0.2) is 0 Å². The molecule has 2 aliphatic rings. The van der Waals surface area contributed by atoms with Gasteiger partial charge in [0, 0.05) is 25.2 Å². The van der Waals surface area contributed by atoms with Gasteiger partial charge in [0.2, 0.25) is 5.91 Å². The lowest BCUT2D eigenvalue weighted by Crippen LogP contribution is -2.64. The second kappa shape index (κ2) is 9.87. The van der Waals surface area contributed by atoms with Crippen molar-refractivity contribution in [2.45, 2.75) is 71.1 Å². The summed E-state index contributed by atoms with van der Waals surface area (Å²) in [6.07, 6.45) is 4.15. The summed E-state index contributed by atoms with van der Waals surface area (Å²) in [6, 6.07) is 9.15. The highest BCUT2D eigenvalue weighted by Gasteiger charge is 2.48. The molecule has 0 spiro atoms. The maximum atomic E-state index is 13.2. The molecular weight excluding hydrogens is 434 g/mol. The summed E-state index contributed by atoms with van der Waals surface area (Å²) in [4.78, 5) is 40.8. The fourth-order valence-corrected chi connectivity index (χ4v) is 4.80.